The van der Waals surface area contributed by atoms with Crippen molar-refractivity contribution in [3.05, 3.63) is 0 Å². The van der Waals surface area contributed by atoms with Crippen molar-refractivity contribution in [2.75, 3.05) is 20.3 Å². The smallest absolute Gasteiger partial charge is 0.302 e. The summed E-state index contributed by atoms with van der Waals surface area (Å²) in [5.41, 5.74) is -2.39. The van der Waals surface area contributed by atoms with Gasteiger partial charge in [0.25, 0.3) is 0 Å². The number of carbonyl (C=O) groups excluding carboxylic acids is 3. The quantitative estimate of drug-likeness (QED) is 0.661. The van der Waals surface area contributed by atoms with Crippen molar-refractivity contribution >= 4 is 17.5 Å². The van der Waals surface area contributed by atoms with Gasteiger partial charge in [0.1, 0.15) is 5.78 Å². The predicted molar refractivity (Wildman–Crippen MR) is 106 cm³/mol. The van der Waals surface area contributed by atoms with Crippen LogP contribution >= 0.6 is 0 Å². The molecule has 4 rings (SSSR count). The minimum Gasteiger partial charge on any atom is -0.465 e. The minimum absolute atomic E-state index is 0.0276. The average molecular weight is 423 g/mol. The van der Waals surface area contributed by atoms with E-state index in [4.69, 9.17) is 9.47 Å². The van der Waals surface area contributed by atoms with E-state index in [0.29, 0.717) is 6.42 Å². The molecule has 4 fully saturated rings. The Labute approximate surface area is 177 Å². The molecule has 7 nitrogen and oxygen atoms in total. The molecule has 9 atom stereocenters. The largest absolute Gasteiger partial charge is 0.465 e. The molecule has 7 heteroatoms. The highest BCUT2D eigenvalue weighted by Crippen LogP contribution is 2.70. The molecule has 4 aliphatic rings. The lowest BCUT2D eigenvalue weighted by molar-refractivity contribution is -0.226. The Morgan fingerprint density at radius 1 is 1.20 bits per heavy atom. The molecule has 0 aromatic heterocycles. The highest BCUT2D eigenvalue weighted by molar-refractivity contribution is 6.01. The number of methoxy groups -OCH3 is 1. The van der Waals surface area contributed by atoms with Crippen LogP contribution in [0.15, 0.2) is 0 Å². The number of hydrogen-bond acceptors (Lipinski definition) is 7. The monoisotopic (exact) mass is 422 g/mol. The zero-order chi connectivity index (χ0) is 22.1. The lowest BCUT2D eigenvalue weighted by atomic mass is 9.39. The predicted octanol–water partition coefficient (Wildman–Crippen LogP) is 1.52. The number of fused-ring (bicyclic) bond motifs is 3. The van der Waals surface area contributed by atoms with Crippen LogP contribution in [0.2, 0.25) is 0 Å². The molecule has 0 saturated heterocycles. The summed E-state index contributed by atoms with van der Waals surface area (Å²) in [6, 6.07) is 0. The third-order valence-electron chi connectivity index (χ3n) is 9.13. The third kappa shape index (κ3) is 2.64. The van der Waals surface area contributed by atoms with Crippen LogP contribution in [0.4, 0.5) is 0 Å². The van der Waals surface area contributed by atoms with Gasteiger partial charge in [-0.15, -0.1) is 0 Å². The first-order valence-corrected chi connectivity index (χ1v) is 11.1. The molecule has 4 aliphatic carbocycles. The van der Waals surface area contributed by atoms with Gasteiger partial charge in [0, 0.05) is 43.6 Å². The first kappa shape index (κ1) is 21.9. The van der Waals surface area contributed by atoms with Crippen molar-refractivity contribution in [3.8, 4) is 0 Å². The second-order valence-electron chi connectivity index (χ2n) is 10.7. The molecule has 168 valence electrons. The van der Waals surface area contributed by atoms with Gasteiger partial charge in [0.2, 0.25) is 0 Å². The maximum atomic E-state index is 13.7. The van der Waals surface area contributed by atoms with Crippen LogP contribution in [0.3, 0.4) is 0 Å². The molecule has 4 saturated carbocycles. The third-order valence-corrected chi connectivity index (χ3v) is 9.13. The molecule has 0 unspecified atom stereocenters. The van der Waals surface area contributed by atoms with E-state index in [1.165, 1.54) is 14.0 Å². The summed E-state index contributed by atoms with van der Waals surface area (Å²) in [6.45, 7) is 5.86. The number of rotatable bonds is 4. The van der Waals surface area contributed by atoms with Gasteiger partial charge in [-0.2, -0.15) is 0 Å². The number of carbonyl (C=O) groups is 3. The molecular formula is C23H34O7. The lowest BCUT2D eigenvalue weighted by Gasteiger charge is -2.64. The molecular weight excluding hydrogens is 388 g/mol. The number of aliphatic hydroxyl groups is 2. The van der Waals surface area contributed by atoms with Gasteiger partial charge in [-0.3, -0.25) is 14.4 Å². The average Bonchev–Trinajstić information content (AvgIpc) is 2.79. The van der Waals surface area contributed by atoms with Crippen molar-refractivity contribution in [3.63, 3.8) is 0 Å². The molecule has 1 spiro atoms. The van der Waals surface area contributed by atoms with E-state index in [0.717, 1.165) is 19.3 Å². The highest BCUT2D eigenvalue weighted by Gasteiger charge is 2.77. The van der Waals surface area contributed by atoms with Crippen LogP contribution in [0.5, 0.6) is 0 Å². The molecule has 2 N–H and O–H groups in total. The fourth-order valence-electron chi connectivity index (χ4n) is 8.04. The van der Waals surface area contributed by atoms with Gasteiger partial charge in [-0.25, -0.2) is 0 Å². The normalized spacial score (nSPS) is 50.1. The van der Waals surface area contributed by atoms with E-state index in [-0.39, 0.29) is 43.1 Å². The number of Topliss-reactive ketones (excluding diaryl/α,β-unsaturated/α-hetero) is 2. The van der Waals surface area contributed by atoms with Crippen LogP contribution in [0.25, 0.3) is 0 Å². The van der Waals surface area contributed by atoms with Gasteiger partial charge >= 0.3 is 5.97 Å². The number of hydrogen-bond donors (Lipinski definition) is 2. The molecule has 0 aliphatic heterocycles. The van der Waals surface area contributed by atoms with Gasteiger partial charge in [-0.1, -0.05) is 20.3 Å². The van der Waals surface area contributed by atoms with Crippen molar-refractivity contribution in [2.24, 2.45) is 39.9 Å². The summed E-state index contributed by atoms with van der Waals surface area (Å²) in [7, 11) is 1.51. The van der Waals surface area contributed by atoms with Crippen molar-refractivity contribution in [2.45, 2.75) is 65.1 Å². The summed E-state index contributed by atoms with van der Waals surface area (Å²) >= 11 is 0. The topological polar surface area (TPSA) is 110 Å². The Morgan fingerprint density at radius 2 is 1.90 bits per heavy atom. The number of aliphatic hydroxyl groups excluding tert-OH is 2. The first-order valence-electron chi connectivity index (χ1n) is 11.1. The Morgan fingerprint density at radius 3 is 2.53 bits per heavy atom. The standard InChI is InChI=1S/C23H34O7/c1-12(24)30-11-21(2)6-5-7-22(3)16(21)9-17(26)23-18(22)15(25)8-13(19(23)27)14(10-29-4)20(23)28/h13-14,16-19,26-27H,5-11H2,1-4H3/t13-,14-,16+,17+,18-,19+,21+,22+,23-/m0/s1. The SMILES string of the molecule is COC[C@@H]1C(=O)[C@@]23[C@H](O)C[C@@H]4[C@@](C)(COC(C)=O)CCC[C@@]4(C)[C@@H]2C(=O)C[C@@H]1[C@H]3O. The summed E-state index contributed by atoms with van der Waals surface area (Å²) in [5.74, 6) is -2.46. The van der Waals surface area contributed by atoms with E-state index in [1.54, 1.807) is 0 Å². The maximum Gasteiger partial charge on any atom is 0.302 e. The molecule has 30 heavy (non-hydrogen) atoms. The maximum absolute atomic E-state index is 13.7. The van der Waals surface area contributed by atoms with Crippen LogP contribution in [0.1, 0.15) is 52.9 Å². The van der Waals surface area contributed by atoms with Crippen molar-refractivity contribution in [1.29, 1.82) is 0 Å². The zero-order valence-corrected chi connectivity index (χ0v) is 18.3. The van der Waals surface area contributed by atoms with Gasteiger partial charge in [-0.05, 0) is 30.6 Å². The lowest BCUT2D eigenvalue weighted by Crippen LogP contribution is -2.69. The molecule has 0 aromatic carbocycles. The fraction of sp³-hybridized carbons (Fsp3) is 0.870. The van der Waals surface area contributed by atoms with E-state index < -0.39 is 46.2 Å². The Balaban J connectivity index is 1.80. The van der Waals surface area contributed by atoms with Crippen molar-refractivity contribution in [1.82, 2.24) is 0 Å². The highest BCUT2D eigenvalue weighted by atomic mass is 16.5. The molecule has 2 bridgehead atoms. The van der Waals surface area contributed by atoms with Crippen LogP contribution in [-0.4, -0.2) is 60.3 Å². The number of ketones is 2. The molecule has 0 amide bonds. The van der Waals surface area contributed by atoms with Crippen LogP contribution in [0, 0.1) is 39.9 Å². The summed E-state index contributed by atoms with van der Waals surface area (Å²) in [5, 5.41) is 22.7. The minimum atomic E-state index is -1.45. The fourth-order valence-corrected chi connectivity index (χ4v) is 8.04. The Bertz CT molecular complexity index is 765. The zero-order valence-electron chi connectivity index (χ0n) is 18.3. The van der Waals surface area contributed by atoms with Crippen molar-refractivity contribution < 1.29 is 34.1 Å². The van der Waals surface area contributed by atoms with Gasteiger partial charge in [0.05, 0.1) is 30.8 Å². The van der Waals surface area contributed by atoms with E-state index in [1.807, 2.05) is 6.92 Å². The van der Waals surface area contributed by atoms with E-state index in [9.17, 15) is 24.6 Å². The number of esters is 1. The van der Waals surface area contributed by atoms with E-state index >= 15 is 0 Å². The summed E-state index contributed by atoms with van der Waals surface area (Å²) < 4.78 is 10.6. The second-order valence-corrected chi connectivity index (χ2v) is 10.7. The molecule has 0 heterocycles. The molecule has 0 radical (unpaired) electrons. The van der Waals surface area contributed by atoms with Gasteiger partial charge < -0.3 is 19.7 Å². The summed E-state index contributed by atoms with van der Waals surface area (Å²) in [4.78, 5) is 38.7. The van der Waals surface area contributed by atoms with E-state index in [2.05, 4.69) is 6.92 Å². The molecule has 0 aromatic rings. The first-order chi connectivity index (χ1) is 14.0. The number of ether oxygens (including phenoxy) is 2. The Hall–Kier alpha value is -1.31. The summed E-state index contributed by atoms with van der Waals surface area (Å²) in [6.07, 6.45) is 0.727. The van der Waals surface area contributed by atoms with Crippen LogP contribution < -0.4 is 0 Å². The van der Waals surface area contributed by atoms with Gasteiger partial charge in [0.15, 0.2) is 5.78 Å². The van der Waals surface area contributed by atoms with Crippen LogP contribution in [-0.2, 0) is 23.9 Å². The Kier molecular flexibility index (Phi) is 5.19. The second kappa shape index (κ2) is 7.10.